The highest BCUT2D eigenvalue weighted by Crippen LogP contribution is 2.46. The molecule has 1 aromatic heterocycles. The second-order valence-electron chi connectivity index (χ2n) is 12.0. The van der Waals surface area contributed by atoms with E-state index in [1.807, 2.05) is 30.0 Å². The van der Waals surface area contributed by atoms with Crippen LogP contribution in [0.4, 0.5) is 5.82 Å². The third kappa shape index (κ3) is 6.04. The Kier molecular flexibility index (Phi) is 8.86. The van der Waals surface area contributed by atoms with Crippen LogP contribution in [0.3, 0.4) is 0 Å². The van der Waals surface area contributed by atoms with Crippen molar-refractivity contribution < 1.29 is 22.5 Å². The number of anilines is 1. The molecule has 1 amide bonds. The van der Waals surface area contributed by atoms with Crippen LogP contribution in [0.25, 0.3) is 11.1 Å². The van der Waals surface area contributed by atoms with Crippen LogP contribution < -0.4 is 4.72 Å². The highest BCUT2D eigenvalue weighted by molar-refractivity contribution is 7.92. The number of rotatable bonds is 13. The van der Waals surface area contributed by atoms with E-state index < -0.39 is 15.6 Å². The number of nitrogens with one attached hydrogen (secondary N) is 1. The number of carbonyl (C=O) groups excluding carboxylic acids is 1. The SMILES string of the molecule is CCCCC1=NC2(CCCC2)C(=O)N1Cc1ccc(-c2ccccc2S(=O)(=O)Nc2noc(C3CC3)c2Cl)c(COCC)c1. The van der Waals surface area contributed by atoms with E-state index in [0.717, 1.165) is 80.3 Å². The Morgan fingerprint density at radius 1 is 1.11 bits per heavy atom. The fraction of sp³-hybridized carbons (Fsp3) is 0.485. The lowest BCUT2D eigenvalue weighted by Crippen LogP contribution is -2.40. The molecular weight excluding hydrogens is 600 g/mol. The number of hydrogen-bond acceptors (Lipinski definition) is 7. The number of nitrogens with zero attached hydrogens (tertiary/aromatic N) is 3. The number of amidine groups is 1. The zero-order valence-corrected chi connectivity index (χ0v) is 26.8. The van der Waals surface area contributed by atoms with Crippen molar-refractivity contribution in [3.63, 3.8) is 0 Å². The van der Waals surface area contributed by atoms with E-state index in [-0.39, 0.29) is 34.2 Å². The first kappa shape index (κ1) is 30.8. The standard InChI is InChI=1S/C33H39ClN4O5S/c1-3-5-12-28-35-33(17-8-9-18-33)32(39)38(28)20-22-13-16-25(24(19-22)21-42-4-2)26-10-6-7-11-27(26)44(40,41)37-31-29(34)30(43-36-31)23-14-15-23/h6-7,10-11,13,16,19,23H,3-5,8-9,12,14-15,17-18,20-21H2,1-2H3,(H,36,37). The van der Waals surface area contributed by atoms with E-state index in [1.54, 1.807) is 24.3 Å². The van der Waals surface area contributed by atoms with Crippen molar-refractivity contribution >= 4 is 39.2 Å². The Labute approximate surface area is 264 Å². The minimum atomic E-state index is -4.08. The molecule has 0 atom stereocenters. The third-order valence-corrected chi connectivity index (χ3v) is 10.5. The molecule has 1 aliphatic heterocycles. The second kappa shape index (κ2) is 12.7. The Hall–Kier alpha value is -3.21. The van der Waals surface area contributed by atoms with Gasteiger partial charge in [-0.2, -0.15) is 0 Å². The van der Waals surface area contributed by atoms with Crippen molar-refractivity contribution in [3.05, 3.63) is 64.4 Å². The van der Waals surface area contributed by atoms with E-state index >= 15 is 0 Å². The largest absolute Gasteiger partial charge is 0.377 e. The lowest BCUT2D eigenvalue weighted by Gasteiger charge is -2.23. The number of halogens is 1. The molecule has 2 fully saturated rings. The molecule has 1 N–H and O–H groups in total. The minimum absolute atomic E-state index is 0.0101. The molecule has 11 heteroatoms. The molecule has 1 spiro atoms. The summed E-state index contributed by atoms with van der Waals surface area (Å²) < 4.78 is 41.1. The molecule has 234 valence electrons. The van der Waals surface area contributed by atoms with E-state index in [0.29, 0.717) is 24.5 Å². The summed E-state index contributed by atoms with van der Waals surface area (Å²) in [4.78, 5) is 20.7. The van der Waals surface area contributed by atoms with Gasteiger partial charge in [0.2, 0.25) is 5.82 Å². The fourth-order valence-corrected chi connectivity index (χ4v) is 7.84. The summed E-state index contributed by atoms with van der Waals surface area (Å²) in [6.07, 6.45) is 8.36. The second-order valence-corrected chi connectivity index (χ2v) is 14.0. The van der Waals surface area contributed by atoms with Crippen molar-refractivity contribution in [3.8, 4) is 11.1 Å². The first-order valence-corrected chi connectivity index (χ1v) is 17.5. The average Bonchev–Trinajstić information content (AvgIpc) is 3.56. The number of unbranched alkanes of at least 4 members (excludes halogenated alkanes) is 1. The molecule has 2 aromatic carbocycles. The first-order chi connectivity index (χ1) is 21.3. The lowest BCUT2D eigenvalue weighted by molar-refractivity contribution is -0.131. The molecule has 44 heavy (non-hydrogen) atoms. The minimum Gasteiger partial charge on any atom is -0.377 e. The summed E-state index contributed by atoms with van der Waals surface area (Å²) in [6.45, 7) is 5.27. The van der Waals surface area contributed by atoms with E-state index in [2.05, 4.69) is 16.8 Å². The van der Waals surface area contributed by atoms with E-state index in [9.17, 15) is 13.2 Å². The van der Waals surface area contributed by atoms with Crippen LogP contribution in [0.2, 0.25) is 5.02 Å². The molecule has 6 rings (SSSR count). The molecule has 3 aromatic rings. The number of ether oxygens (including phenoxy) is 1. The van der Waals surface area contributed by atoms with Crippen molar-refractivity contribution in [2.75, 3.05) is 11.3 Å². The maximum Gasteiger partial charge on any atom is 0.263 e. The van der Waals surface area contributed by atoms with Gasteiger partial charge in [-0.1, -0.05) is 79.3 Å². The van der Waals surface area contributed by atoms with E-state index in [4.69, 9.17) is 25.9 Å². The smallest absolute Gasteiger partial charge is 0.263 e. The zero-order valence-electron chi connectivity index (χ0n) is 25.3. The average molecular weight is 639 g/mol. The number of sulfonamides is 1. The van der Waals surface area contributed by atoms with Crippen molar-refractivity contribution in [2.45, 2.75) is 101 Å². The van der Waals surface area contributed by atoms with Gasteiger partial charge in [0.25, 0.3) is 15.9 Å². The summed E-state index contributed by atoms with van der Waals surface area (Å²) in [5.41, 5.74) is 2.43. The van der Waals surface area contributed by atoms with Gasteiger partial charge in [-0.25, -0.2) is 8.42 Å². The lowest BCUT2D eigenvalue weighted by atomic mass is 9.96. The van der Waals surface area contributed by atoms with Gasteiger partial charge in [-0.15, -0.1) is 0 Å². The molecule has 0 bridgehead atoms. The summed E-state index contributed by atoms with van der Waals surface area (Å²) >= 11 is 6.43. The predicted octanol–water partition coefficient (Wildman–Crippen LogP) is 7.45. The molecule has 2 heterocycles. The highest BCUT2D eigenvalue weighted by Gasteiger charge is 2.49. The highest BCUT2D eigenvalue weighted by atomic mass is 35.5. The summed E-state index contributed by atoms with van der Waals surface area (Å²) in [6, 6.07) is 12.7. The van der Waals surface area contributed by atoms with Crippen LogP contribution in [0.1, 0.15) is 94.4 Å². The topological polar surface area (TPSA) is 114 Å². The number of hydrogen-bond donors (Lipinski definition) is 1. The maximum atomic E-state index is 13.7. The number of aromatic nitrogens is 1. The van der Waals surface area contributed by atoms with Crippen LogP contribution in [0.15, 0.2) is 56.9 Å². The Bertz CT molecular complexity index is 1670. The number of benzene rings is 2. The maximum absolute atomic E-state index is 13.7. The Morgan fingerprint density at radius 3 is 2.61 bits per heavy atom. The van der Waals surface area contributed by atoms with Gasteiger partial charge in [0.15, 0.2) is 5.76 Å². The number of aliphatic imine (C=N–C) groups is 1. The number of amides is 1. The number of carbonyl (C=O) groups is 1. The van der Waals surface area contributed by atoms with Crippen molar-refractivity contribution in [1.29, 1.82) is 0 Å². The van der Waals surface area contributed by atoms with Crippen LogP contribution in [-0.4, -0.2) is 42.4 Å². The zero-order chi connectivity index (χ0) is 30.9. The van der Waals surface area contributed by atoms with Crippen LogP contribution in [0.5, 0.6) is 0 Å². The summed E-state index contributed by atoms with van der Waals surface area (Å²) in [5.74, 6) is 1.69. The first-order valence-electron chi connectivity index (χ1n) is 15.6. The van der Waals surface area contributed by atoms with Gasteiger partial charge < -0.3 is 9.26 Å². The molecule has 3 aliphatic rings. The summed E-state index contributed by atoms with van der Waals surface area (Å²) in [5, 5.41) is 4.11. The van der Waals surface area contributed by atoms with Gasteiger partial charge in [-0.3, -0.25) is 19.4 Å². The van der Waals surface area contributed by atoms with Crippen molar-refractivity contribution in [2.24, 2.45) is 4.99 Å². The predicted molar refractivity (Wildman–Crippen MR) is 170 cm³/mol. The fourth-order valence-electron chi connectivity index (χ4n) is 6.28. The third-order valence-electron chi connectivity index (χ3n) is 8.76. The van der Waals surface area contributed by atoms with Crippen molar-refractivity contribution in [1.82, 2.24) is 10.1 Å². The van der Waals surface area contributed by atoms with Gasteiger partial charge in [0.05, 0.1) is 18.0 Å². The monoisotopic (exact) mass is 638 g/mol. The molecule has 2 aliphatic carbocycles. The van der Waals surface area contributed by atoms with Crippen LogP contribution in [0, 0.1) is 0 Å². The van der Waals surface area contributed by atoms with Gasteiger partial charge in [-0.05, 0) is 61.8 Å². The molecular formula is C33H39ClN4O5S. The Morgan fingerprint density at radius 2 is 1.89 bits per heavy atom. The van der Waals surface area contributed by atoms with Crippen LogP contribution >= 0.6 is 11.6 Å². The summed E-state index contributed by atoms with van der Waals surface area (Å²) in [7, 11) is -4.08. The van der Waals surface area contributed by atoms with E-state index in [1.165, 1.54) is 0 Å². The molecule has 0 unspecified atom stereocenters. The molecule has 2 saturated carbocycles. The van der Waals surface area contributed by atoms with Crippen LogP contribution in [-0.2, 0) is 32.7 Å². The van der Waals surface area contributed by atoms with Gasteiger partial charge in [0.1, 0.15) is 16.4 Å². The molecule has 0 saturated heterocycles. The van der Waals surface area contributed by atoms with Gasteiger partial charge >= 0.3 is 0 Å². The quantitative estimate of drug-likeness (QED) is 0.208. The Balaban J connectivity index is 1.31. The normalized spacial score (nSPS) is 17.9. The molecule has 0 radical (unpaired) electrons. The molecule has 9 nitrogen and oxygen atoms in total. The van der Waals surface area contributed by atoms with Gasteiger partial charge in [0, 0.05) is 24.5 Å².